The Bertz CT molecular complexity index is 634. The molecule has 0 aromatic carbocycles. The van der Waals surface area contributed by atoms with Gasteiger partial charge in [-0.3, -0.25) is 14.1 Å². The topological polar surface area (TPSA) is 50.5 Å². The van der Waals surface area contributed by atoms with Crippen molar-refractivity contribution in [3.8, 4) is 0 Å². The smallest absolute Gasteiger partial charge is 0.171 e. The first-order valence-corrected chi connectivity index (χ1v) is 7.74. The molecule has 1 unspecified atom stereocenters. The van der Waals surface area contributed by atoms with Gasteiger partial charge in [-0.05, 0) is 45.4 Å². The highest BCUT2D eigenvalue weighted by atomic mass is 16.1. The van der Waals surface area contributed by atoms with Crippen molar-refractivity contribution in [2.24, 2.45) is 0 Å². The van der Waals surface area contributed by atoms with Crippen LogP contribution < -0.4 is 0 Å². The number of pyridine rings is 1. The molecule has 0 spiro atoms. The van der Waals surface area contributed by atoms with Gasteiger partial charge in [0.2, 0.25) is 0 Å². The number of fused-ring (bicyclic) bond motifs is 1. The lowest BCUT2D eigenvalue weighted by Crippen LogP contribution is -2.45. The van der Waals surface area contributed by atoms with Gasteiger partial charge in [-0.25, -0.2) is 0 Å². The Hall–Kier alpha value is -1.75. The molecule has 2 aromatic rings. The monoisotopic (exact) mass is 286 g/mol. The van der Waals surface area contributed by atoms with E-state index in [1.165, 1.54) is 25.8 Å². The molecule has 1 aliphatic heterocycles. The van der Waals surface area contributed by atoms with Crippen LogP contribution in [0.25, 0.3) is 5.65 Å². The van der Waals surface area contributed by atoms with E-state index in [9.17, 15) is 4.79 Å². The largest absolute Gasteiger partial charge is 0.298 e. The number of hydrogen-bond donors (Lipinski definition) is 0. The second-order valence-corrected chi connectivity index (χ2v) is 6.08. The Kier molecular flexibility index (Phi) is 4.01. The van der Waals surface area contributed by atoms with Gasteiger partial charge in [0.1, 0.15) is 5.82 Å². The Labute approximate surface area is 125 Å². The van der Waals surface area contributed by atoms with Crippen LogP contribution in [0.3, 0.4) is 0 Å². The lowest BCUT2D eigenvalue weighted by Gasteiger charge is -2.38. The quantitative estimate of drug-likeness (QED) is 0.810. The van der Waals surface area contributed by atoms with Crippen molar-refractivity contribution in [3.05, 3.63) is 29.7 Å². The molecule has 0 saturated carbocycles. The van der Waals surface area contributed by atoms with Crippen LogP contribution in [0.2, 0.25) is 0 Å². The number of likely N-dealkylation sites (tertiary alicyclic amines) is 1. The van der Waals surface area contributed by atoms with E-state index in [0.29, 0.717) is 23.3 Å². The molecule has 0 amide bonds. The molecule has 1 atom stereocenters. The van der Waals surface area contributed by atoms with E-state index < -0.39 is 0 Å². The first kappa shape index (κ1) is 14.2. The zero-order valence-corrected chi connectivity index (χ0v) is 12.7. The predicted octanol–water partition coefficient (Wildman–Crippen LogP) is 2.35. The van der Waals surface area contributed by atoms with E-state index in [1.807, 2.05) is 16.7 Å². The van der Waals surface area contributed by atoms with E-state index in [-0.39, 0.29) is 0 Å². The summed E-state index contributed by atoms with van der Waals surface area (Å²) in [5.41, 5.74) is 1.26. The van der Waals surface area contributed by atoms with Gasteiger partial charge < -0.3 is 0 Å². The van der Waals surface area contributed by atoms with Crippen molar-refractivity contribution in [1.82, 2.24) is 19.5 Å². The van der Waals surface area contributed by atoms with E-state index in [1.54, 1.807) is 6.07 Å². The van der Waals surface area contributed by atoms with Gasteiger partial charge in [0, 0.05) is 24.7 Å². The van der Waals surface area contributed by atoms with E-state index >= 15 is 0 Å². The molecule has 2 aromatic heterocycles. The molecule has 0 bridgehead atoms. The van der Waals surface area contributed by atoms with Crippen LogP contribution in [-0.2, 0) is 6.42 Å². The lowest BCUT2D eigenvalue weighted by atomic mass is 9.97. The summed E-state index contributed by atoms with van der Waals surface area (Å²) in [5, 5.41) is 8.51. The van der Waals surface area contributed by atoms with Crippen molar-refractivity contribution in [3.63, 3.8) is 0 Å². The molecule has 1 aliphatic rings. The zero-order valence-electron chi connectivity index (χ0n) is 12.7. The maximum absolute atomic E-state index is 11.1. The van der Waals surface area contributed by atoms with E-state index in [4.69, 9.17) is 0 Å². The average Bonchev–Trinajstić information content (AvgIpc) is 2.91. The van der Waals surface area contributed by atoms with Gasteiger partial charge in [-0.1, -0.05) is 6.42 Å². The third-order valence-corrected chi connectivity index (χ3v) is 4.42. The molecule has 0 N–H and O–H groups in total. The first-order chi connectivity index (χ1) is 10.2. The molecular weight excluding hydrogens is 264 g/mol. The molecule has 0 aliphatic carbocycles. The van der Waals surface area contributed by atoms with Gasteiger partial charge >= 0.3 is 0 Å². The highest BCUT2D eigenvalue weighted by Gasteiger charge is 2.26. The lowest BCUT2D eigenvalue weighted by molar-refractivity contribution is 0.110. The highest BCUT2D eigenvalue weighted by molar-refractivity contribution is 5.83. The average molecular weight is 286 g/mol. The number of piperidine rings is 1. The maximum atomic E-state index is 11.1. The number of hydrogen-bond acceptors (Lipinski definition) is 4. The van der Waals surface area contributed by atoms with Crippen molar-refractivity contribution in [2.45, 2.75) is 51.6 Å². The number of aldehydes is 1. The summed E-state index contributed by atoms with van der Waals surface area (Å²) < 4.78 is 1.96. The Morgan fingerprint density at radius 2 is 2.24 bits per heavy atom. The van der Waals surface area contributed by atoms with Crippen LogP contribution >= 0.6 is 0 Å². The summed E-state index contributed by atoms with van der Waals surface area (Å²) in [5.74, 6) is 0.950. The summed E-state index contributed by atoms with van der Waals surface area (Å²) in [6.07, 6.45) is 7.45. The Balaban J connectivity index is 1.89. The zero-order chi connectivity index (χ0) is 14.8. The fourth-order valence-electron chi connectivity index (χ4n) is 3.35. The van der Waals surface area contributed by atoms with Crippen LogP contribution in [-0.4, -0.2) is 44.4 Å². The standard InChI is InChI=1S/C16H22N4O/c1-12(2)19-8-4-3-7-14(19)10-15-17-18-16-13(11-21)6-5-9-20(15)16/h5-6,9,11-12,14H,3-4,7-8,10H2,1-2H3. The molecule has 1 fully saturated rings. The molecule has 0 radical (unpaired) electrons. The second-order valence-electron chi connectivity index (χ2n) is 6.08. The number of rotatable bonds is 4. The SMILES string of the molecule is CC(C)N1CCCCC1Cc1nnc2c(C=O)cccn12. The molecule has 5 heteroatoms. The maximum Gasteiger partial charge on any atom is 0.171 e. The van der Waals surface area contributed by atoms with Crippen LogP contribution in [0, 0.1) is 0 Å². The fraction of sp³-hybridized carbons (Fsp3) is 0.562. The van der Waals surface area contributed by atoms with Crippen LogP contribution in [0.5, 0.6) is 0 Å². The Morgan fingerprint density at radius 1 is 1.38 bits per heavy atom. The number of carbonyl (C=O) groups is 1. The molecule has 3 rings (SSSR count). The number of aromatic nitrogens is 3. The summed E-state index contributed by atoms with van der Waals surface area (Å²) in [6, 6.07) is 4.73. The predicted molar refractivity (Wildman–Crippen MR) is 81.6 cm³/mol. The third kappa shape index (κ3) is 2.70. The van der Waals surface area contributed by atoms with Crippen LogP contribution in [0.15, 0.2) is 18.3 Å². The minimum Gasteiger partial charge on any atom is -0.298 e. The molecular formula is C16H22N4O. The van der Waals surface area contributed by atoms with E-state index in [2.05, 4.69) is 28.9 Å². The molecule has 112 valence electrons. The highest BCUT2D eigenvalue weighted by Crippen LogP contribution is 2.22. The van der Waals surface area contributed by atoms with Gasteiger partial charge in [0.05, 0.1) is 5.56 Å². The minimum absolute atomic E-state index is 0.519. The fourth-order valence-corrected chi connectivity index (χ4v) is 3.35. The summed E-state index contributed by atoms with van der Waals surface area (Å²) >= 11 is 0. The third-order valence-electron chi connectivity index (χ3n) is 4.42. The van der Waals surface area contributed by atoms with Gasteiger partial charge in [-0.2, -0.15) is 0 Å². The molecule has 3 heterocycles. The van der Waals surface area contributed by atoms with Crippen LogP contribution in [0.1, 0.15) is 49.3 Å². The Morgan fingerprint density at radius 3 is 3.00 bits per heavy atom. The first-order valence-electron chi connectivity index (χ1n) is 7.74. The summed E-state index contributed by atoms with van der Waals surface area (Å²) in [4.78, 5) is 13.6. The van der Waals surface area contributed by atoms with Gasteiger partial charge in [0.25, 0.3) is 0 Å². The molecule has 1 saturated heterocycles. The number of carbonyl (C=O) groups excluding carboxylic acids is 1. The normalized spacial score (nSPS) is 20.2. The number of nitrogens with zero attached hydrogens (tertiary/aromatic N) is 4. The van der Waals surface area contributed by atoms with Crippen LogP contribution in [0.4, 0.5) is 0 Å². The van der Waals surface area contributed by atoms with Crippen molar-refractivity contribution in [2.75, 3.05) is 6.54 Å². The second kappa shape index (κ2) is 5.93. The molecule has 5 nitrogen and oxygen atoms in total. The summed E-state index contributed by atoms with van der Waals surface area (Å²) in [6.45, 7) is 5.67. The van der Waals surface area contributed by atoms with Crippen molar-refractivity contribution in [1.29, 1.82) is 0 Å². The van der Waals surface area contributed by atoms with Crippen molar-refractivity contribution >= 4 is 11.9 Å². The van der Waals surface area contributed by atoms with E-state index in [0.717, 1.165) is 18.5 Å². The van der Waals surface area contributed by atoms with Gasteiger partial charge in [0.15, 0.2) is 11.9 Å². The van der Waals surface area contributed by atoms with Gasteiger partial charge in [-0.15, -0.1) is 10.2 Å². The minimum atomic E-state index is 0.519. The molecule has 21 heavy (non-hydrogen) atoms. The van der Waals surface area contributed by atoms with Crippen molar-refractivity contribution < 1.29 is 4.79 Å². The summed E-state index contributed by atoms with van der Waals surface area (Å²) in [7, 11) is 0.